The van der Waals surface area contributed by atoms with E-state index >= 15 is 0 Å². The van der Waals surface area contributed by atoms with Gasteiger partial charge < -0.3 is 5.32 Å². The summed E-state index contributed by atoms with van der Waals surface area (Å²) in [5.41, 5.74) is 0.209. The number of carbonyl (C=O) groups excluding carboxylic acids is 1. The Hall–Kier alpha value is -2.29. The summed E-state index contributed by atoms with van der Waals surface area (Å²) in [6.07, 6.45) is 0.479. The van der Waals surface area contributed by atoms with Crippen molar-refractivity contribution in [1.29, 1.82) is 0 Å². The first-order valence-corrected chi connectivity index (χ1v) is 9.09. The van der Waals surface area contributed by atoms with Gasteiger partial charge in [0.1, 0.15) is 5.52 Å². The van der Waals surface area contributed by atoms with Crippen molar-refractivity contribution in [3.05, 3.63) is 34.6 Å². The van der Waals surface area contributed by atoms with Crippen molar-refractivity contribution < 1.29 is 13.2 Å². The number of nitrogens with one attached hydrogen (secondary N) is 1. The van der Waals surface area contributed by atoms with E-state index in [1.807, 2.05) is 0 Å². The molecule has 9 heteroatoms. The van der Waals surface area contributed by atoms with Gasteiger partial charge in [0.15, 0.2) is 9.84 Å². The minimum Gasteiger partial charge on any atom is -0.352 e. The third-order valence-electron chi connectivity index (χ3n) is 3.78. The molecular formula is C14H16N4O4S. The van der Waals surface area contributed by atoms with Crippen LogP contribution in [0.5, 0.6) is 0 Å². The van der Waals surface area contributed by atoms with Crippen LogP contribution in [-0.2, 0) is 21.2 Å². The summed E-state index contributed by atoms with van der Waals surface area (Å²) in [6, 6.07) is 6.52. The molecule has 0 bridgehead atoms. The van der Waals surface area contributed by atoms with E-state index in [2.05, 4.69) is 15.6 Å². The summed E-state index contributed by atoms with van der Waals surface area (Å²) in [7, 11) is -3.03. The van der Waals surface area contributed by atoms with Crippen LogP contribution in [0.2, 0.25) is 0 Å². The smallest absolute Gasteiger partial charge is 0.277 e. The van der Waals surface area contributed by atoms with E-state index in [1.165, 1.54) is 0 Å². The van der Waals surface area contributed by atoms with E-state index in [0.29, 0.717) is 17.3 Å². The number of benzene rings is 1. The maximum absolute atomic E-state index is 12.2. The minimum atomic E-state index is -3.03. The topological polar surface area (TPSA) is 111 Å². The zero-order valence-electron chi connectivity index (χ0n) is 12.3. The van der Waals surface area contributed by atoms with Gasteiger partial charge in [0.2, 0.25) is 5.91 Å². The highest BCUT2D eigenvalue weighted by Gasteiger charge is 2.28. The number of nitrogens with zero attached hydrogens (tertiary/aromatic N) is 3. The van der Waals surface area contributed by atoms with Gasteiger partial charge in [-0.05, 0) is 18.6 Å². The molecule has 0 radical (unpaired) electrons. The van der Waals surface area contributed by atoms with Gasteiger partial charge in [-0.15, -0.1) is 5.10 Å². The van der Waals surface area contributed by atoms with Crippen LogP contribution < -0.4 is 10.9 Å². The molecule has 1 aromatic carbocycles. The van der Waals surface area contributed by atoms with Crippen molar-refractivity contribution in [3.63, 3.8) is 0 Å². The molecule has 1 N–H and O–H groups in total. The number of aromatic nitrogens is 3. The van der Waals surface area contributed by atoms with Gasteiger partial charge in [0.25, 0.3) is 5.56 Å². The highest BCUT2D eigenvalue weighted by atomic mass is 32.2. The quantitative estimate of drug-likeness (QED) is 0.804. The molecule has 2 aromatic rings. The van der Waals surface area contributed by atoms with E-state index in [9.17, 15) is 18.0 Å². The molecule has 1 atom stereocenters. The van der Waals surface area contributed by atoms with E-state index in [4.69, 9.17) is 0 Å². The van der Waals surface area contributed by atoms with Crippen molar-refractivity contribution in [2.75, 3.05) is 11.5 Å². The molecule has 2 heterocycles. The molecule has 0 unspecified atom stereocenters. The first-order valence-electron chi connectivity index (χ1n) is 7.27. The Labute approximate surface area is 132 Å². The normalized spacial score (nSPS) is 19.7. The summed E-state index contributed by atoms with van der Waals surface area (Å²) in [4.78, 5) is 24.1. The van der Waals surface area contributed by atoms with Crippen LogP contribution in [0, 0.1) is 0 Å². The van der Waals surface area contributed by atoms with Gasteiger partial charge in [-0.3, -0.25) is 9.59 Å². The third kappa shape index (κ3) is 3.55. The van der Waals surface area contributed by atoms with Crippen molar-refractivity contribution in [1.82, 2.24) is 20.3 Å². The molecule has 1 aliphatic rings. The second-order valence-electron chi connectivity index (χ2n) is 5.55. The number of hydrogen-bond donors (Lipinski definition) is 1. The summed E-state index contributed by atoms with van der Waals surface area (Å²) in [6.45, 7) is 0.0992. The largest absolute Gasteiger partial charge is 0.352 e. The van der Waals surface area contributed by atoms with E-state index in [0.717, 1.165) is 4.68 Å². The van der Waals surface area contributed by atoms with Gasteiger partial charge in [-0.25, -0.2) is 13.1 Å². The highest BCUT2D eigenvalue weighted by Crippen LogP contribution is 2.11. The number of fused-ring (bicyclic) bond motifs is 1. The molecule has 122 valence electrons. The van der Waals surface area contributed by atoms with Gasteiger partial charge in [0.05, 0.1) is 23.4 Å². The molecule has 1 amide bonds. The average Bonchev–Trinajstić information content (AvgIpc) is 2.85. The summed E-state index contributed by atoms with van der Waals surface area (Å²) in [5, 5.41) is 10.9. The van der Waals surface area contributed by atoms with Crippen molar-refractivity contribution in [2.24, 2.45) is 0 Å². The summed E-state index contributed by atoms with van der Waals surface area (Å²) in [5.74, 6) is -0.212. The van der Waals surface area contributed by atoms with E-state index in [-0.39, 0.29) is 42.0 Å². The number of amides is 1. The SMILES string of the molecule is O=C(CCn1nnc2ccccc2c1=O)N[C@H]1CCS(=O)(=O)C1. The monoisotopic (exact) mass is 336 g/mol. The Morgan fingerprint density at radius 3 is 2.87 bits per heavy atom. The number of sulfone groups is 1. The van der Waals surface area contributed by atoms with E-state index in [1.54, 1.807) is 24.3 Å². The second-order valence-corrected chi connectivity index (χ2v) is 7.78. The Kier molecular flexibility index (Phi) is 4.12. The maximum Gasteiger partial charge on any atom is 0.277 e. The molecule has 3 rings (SSSR count). The van der Waals surface area contributed by atoms with Crippen LogP contribution in [0.4, 0.5) is 0 Å². The fourth-order valence-corrected chi connectivity index (χ4v) is 4.26. The zero-order valence-corrected chi connectivity index (χ0v) is 13.1. The van der Waals surface area contributed by atoms with Crippen LogP contribution >= 0.6 is 0 Å². The lowest BCUT2D eigenvalue weighted by atomic mass is 10.2. The molecule has 1 fully saturated rings. The Morgan fingerprint density at radius 2 is 2.13 bits per heavy atom. The molecule has 0 saturated carbocycles. The molecule has 23 heavy (non-hydrogen) atoms. The standard InChI is InChI=1S/C14H16N4O4S/c19-13(15-10-6-8-23(21,22)9-10)5-7-18-14(20)11-3-1-2-4-12(11)16-17-18/h1-4,10H,5-9H2,(H,15,19)/t10-/m0/s1. The predicted octanol–water partition coefficient (Wildman–Crippen LogP) is -0.515. The van der Waals surface area contributed by atoms with Crippen molar-refractivity contribution in [3.8, 4) is 0 Å². The summed E-state index contributed by atoms with van der Waals surface area (Å²) >= 11 is 0. The van der Waals surface area contributed by atoms with Crippen LogP contribution in [0.25, 0.3) is 10.9 Å². The van der Waals surface area contributed by atoms with Crippen LogP contribution in [0.3, 0.4) is 0 Å². The molecule has 0 aliphatic carbocycles. The lowest BCUT2D eigenvalue weighted by Gasteiger charge is -2.11. The van der Waals surface area contributed by atoms with E-state index < -0.39 is 9.84 Å². The Balaban J connectivity index is 1.63. The van der Waals surface area contributed by atoms with Gasteiger partial charge in [0, 0.05) is 12.5 Å². The highest BCUT2D eigenvalue weighted by molar-refractivity contribution is 7.91. The average molecular weight is 336 g/mol. The number of carbonyl (C=O) groups is 1. The van der Waals surface area contributed by atoms with Gasteiger partial charge in [-0.2, -0.15) is 0 Å². The molecule has 1 aliphatic heterocycles. The van der Waals surface area contributed by atoms with Crippen molar-refractivity contribution in [2.45, 2.75) is 25.4 Å². The Bertz CT molecular complexity index is 906. The molecule has 8 nitrogen and oxygen atoms in total. The number of aryl methyl sites for hydroxylation is 1. The van der Waals surface area contributed by atoms with Crippen LogP contribution in [0.1, 0.15) is 12.8 Å². The first-order chi connectivity index (χ1) is 10.9. The Morgan fingerprint density at radius 1 is 1.35 bits per heavy atom. The maximum atomic E-state index is 12.2. The molecule has 1 saturated heterocycles. The first kappa shape index (κ1) is 15.6. The second kappa shape index (κ2) is 6.07. The summed E-state index contributed by atoms with van der Waals surface area (Å²) < 4.78 is 23.9. The fourth-order valence-electron chi connectivity index (χ4n) is 2.59. The lowest BCUT2D eigenvalue weighted by molar-refractivity contribution is -0.121. The fraction of sp³-hybridized carbons (Fsp3) is 0.429. The number of hydrogen-bond acceptors (Lipinski definition) is 6. The van der Waals surface area contributed by atoms with Crippen LogP contribution in [-0.4, -0.2) is 46.9 Å². The lowest BCUT2D eigenvalue weighted by Crippen LogP contribution is -2.36. The van der Waals surface area contributed by atoms with Gasteiger partial charge >= 0.3 is 0 Å². The van der Waals surface area contributed by atoms with Crippen LogP contribution in [0.15, 0.2) is 29.1 Å². The third-order valence-corrected chi connectivity index (χ3v) is 5.55. The predicted molar refractivity (Wildman–Crippen MR) is 83.6 cm³/mol. The molecule has 1 aromatic heterocycles. The zero-order chi connectivity index (χ0) is 16.4. The number of rotatable bonds is 4. The van der Waals surface area contributed by atoms with Crippen molar-refractivity contribution >= 4 is 26.6 Å². The minimum absolute atomic E-state index is 0.0194. The molecule has 0 spiro atoms. The van der Waals surface area contributed by atoms with Gasteiger partial charge in [-0.1, -0.05) is 17.3 Å². The molecular weight excluding hydrogens is 320 g/mol.